The Morgan fingerprint density at radius 2 is 1.90 bits per heavy atom. The van der Waals surface area contributed by atoms with Gasteiger partial charge in [-0.3, -0.25) is 0 Å². The van der Waals surface area contributed by atoms with Crippen LogP contribution in [0.1, 0.15) is 19.4 Å². The van der Waals surface area contributed by atoms with E-state index in [0.717, 1.165) is 15.7 Å². The van der Waals surface area contributed by atoms with E-state index in [2.05, 4.69) is 41.8 Å². The van der Waals surface area contributed by atoms with Gasteiger partial charge in [0.05, 0.1) is 3.57 Å². The number of rotatable bonds is 6. The summed E-state index contributed by atoms with van der Waals surface area (Å²) in [7, 11) is 0. The quantitative estimate of drug-likeness (QED) is 0.693. The van der Waals surface area contributed by atoms with Crippen molar-refractivity contribution in [3.63, 3.8) is 0 Å². The van der Waals surface area contributed by atoms with E-state index in [1.165, 1.54) is 6.07 Å². The third kappa shape index (κ3) is 4.97. The summed E-state index contributed by atoms with van der Waals surface area (Å²) in [5, 5.41) is 3.30. The van der Waals surface area contributed by atoms with Gasteiger partial charge in [-0.15, -0.1) is 0 Å². The van der Waals surface area contributed by atoms with Crippen molar-refractivity contribution in [1.82, 2.24) is 5.32 Å². The molecule has 4 heteroatoms. The molecule has 0 aliphatic rings. The lowest BCUT2D eigenvalue weighted by molar-refractivity contribution is 0.438. The molecule has 1 N–H and O–H groups in total. The third-order valence-corrected chi connectivity index (χ3v) is 3.83. The molecule has 0 atom stereocenters. The number of nitrogens with one attached hydrogen (secondary N) is 1. The maximum absolute atomic E-state index is 14.1. The Hall–Kier alpha value is -1.14. The van der Waals surface area contributed by atoms with Gasteiger partial charge in [0.1, 0.15) is 5.75 Å². The van der Waals surface area contributed by atoms with E-state index in [4.69, 9.17) is 4.74 Å². The van der Waals surface area contributed by atoms with E-state index in [1.54, 1.807) is 6.07 Å². The molecule has 0 amide bonds. The fourth-order valence-electron chi connectivity index (χ4n) is 1.89. The smallest absolute Gasteiger partial charge is 0.166 e. The van der Waals surface area contributed by atoms with Crippen molar-refractivity contribution in [3.8, 4) is 11.5 Å². The Labute approximate surface area is 138 Å². The maximum atomic E-state index is 14.1. The first-order chi connectivity index (χ1) is 10.1. The van der Waals surface area contributed by atoms with Crippen molar-refractivity contribution in [2.45, 2.75) is 20.4 Å². The van der Waals surface area contributed by atoms with Gasteiger partial charge in [0.15, 0.2) is 11.6 Å². The Kier molecular flexibility index (Phi) is 5.99. The van der Waals surface area contributed by atoms with Crippen LogP contribution in [0.3, 0.4) is 0 Å². The molecule has 0 fully saturated rings. The zero-order valence-corrected chi connectivity index (χ0v) is 14.4. The lowest BCUT2D eigenvalue weighted by Crippen LogP contribution is -2.18. The molecule has 2 aromatic carbocycles. The summed E-state index contributed by atoms with van der Waals surface area (Å²) in [6.45, 7) is 5.87. The number of benzene rings is 2. The van der Waals surface area contributed by atoms with Gasteiger partial charge in [-0.05, 0) is 64.9 Å². The van der Waals surface area contributed by atoms with Gasteiger partial charge in [0.2, 0.25) is 0 Å². The molecule has 0 unspecified atom stereocenters. The van der Waals surface area contributed by atoms with Crippen LogP contribution >= 0.6 is 22.6 Å². The van der Waals surface area contributed by atoms with Crippen LogP contribution in [0.15, 0.2) is 42.5 Å². The van der Waals surface area contributed by atoms with Crippen molar-refractivity contribution in [3.05, 3.63) is 57.4 Å². The van der Waals surface area contributed by atoms with Crippen LogP contribution in [0.4, 0.5) is 4.39 Å². The van der Waals surface area contributed by atoms with Crippen molar-refractivity contribution < 1.29 is 9.13 Å². The number of para-hydroxylation sites is 1. The molecule has 0 aliphatic carbocycles. The number of ether oxygens (including phenoxy) is 1. The van der Waals surface area contributed by atoms with E-state index in [9.17, 15) is 4.39 Å². The molecule has 0 saturated carbocycles. The fourth-order valence-corrected chi connectivity index (χ4v) is 2.39. The first-order valence-corrected chi connectivity index (χ1v) is 8.05. The summed E-state index contributed by atoms with van der Waals surface area (Å²) >= 11 is 2.17. The molecule has 21 heavy (non-hydrogen) atoms. The number of hydrogen-bond donors (Lipinski definition) is 1. The largest absolute Gasteiger partial charge is 0.453 e. The minimum absolute atomic E-state index is 0.256. The Bertz CT molecular complexity index is 601. The summed E-state index contributed by atoms with van der Waals surface area (Å²) < 4.78 is 20.7. The minimum Gasteiger partial charge on any atom is -0.453 e. The Morgan fingerprint density at radius 3 is 2.57 bits per heavy atom. The van der Waals surface area contributed by atoms with E-state index >= 15 is 0 Å². The highest BCUT2D eigenvalue weighted by molar-refractivity contribution is 14.1. The molecular weight excluding hydrogens is 380 g/mol. The molecule has 0 aliphatic heterocycles. The van der Waals surface area contributed by atoms with E-state index in [1.807, 2.05) is 30.3 Å². The highest BCUT2D eigenvalue weighted by Crippen LogP contribution is 2.28. The second-order valence-electron chi connectivity index (χ2n) is 5.32. The SMILES string of the molecule is CC(C)CNCc1ccc(Oc2ccccc2I)c(F)c1. The molecule has 0 aromatic heterocycles. The second kappa shape index (κ2) is 7.75. The van der Waals surface area contributed by atoms with E-state index in [-0.39, 0.29) is 11.6 Å². The zero-order valence-electron chi connectivity index (χ0n) is 12.2. The monoisotopic (exact) mass is 399 g/mol. The topological polar surface area (TPSA) is 21.3 Å². The molecule has 112 valence electrons. The molecular formula is C17H19FINO. The maximum Gasteiger partial charge on any atom is 0.166 e. The van der Waals surface area contributed by atoms with Gasteiger partial charge in [-0.25, -0.2) is 4.39 Å². The van der Waals surface area contributed by atoms with Gasteiger partial charge in [-0.1, -0.05) is 32.0 Å². The van der Waals surface area contributed by atoms with Crippen LogP contribution in [-0.4, -0.2) is 6.54 Å². The highest BCUT2D eigenvalue weighted by atomic mass is 127. The fraction of sp³-hybridized carbons (Fsp3) is 0.294. The Balaban J connectivity index is 2.04. The van der Waals surface area contributed by atoms with Crippen LogP contribution in [0, 0.1) is 15.3 Å². The lowest BCUT2D eigenvalue weighted by Gasteiger charge is -2.11. The molecule has 0 saturated heterocycles. The van der Waals surface area contributed by atoms with Crippen LogP contribution in [0.25, 0.3) is 0 Å². The van der Waals surface area contributed by atoms with Gasteiger partial charge >= 0.3 is 0 Å². The first-order valence-electron chi connectivity index (χ1n) is 6.98. The molecule has 0 bridgehead atoms. The zero-order chi connectivity index (χ0) is 15.2. The van der Waals surface area contributed by atoms with E-state index < -0.39 is 0 Å². The van der Waals surface area contributed by atoms with Crippen molar-refractivity contribution in [1.29, 1.82) is 0 Å². The number of halogens is 2. The summed E-state index contributed by atoms with van der Waals surface area (Å²) in [5.74, 6) is 1.17. The third-order valence-electron chi connectivity index (χ3n) is 2.93. The summed E-state index contributed by atoms with van der Waals surface area (Å²) in [5.41, 5.74) is 0.920. The predicted molar refractivity (Wildman–Crippen MR) is 92.2 cm³/mol. The minimum atomic E-state index is -0.335. The van der Waals surface area contributed by atoms with Crippen molar-refractivity contribution in [2.24, 2.45) is 5.92 Å². The molecule has 2 aromatic rings. The second-order valence-corrected chi connectivity index (χ2v) is 6.48. The van der Waals surface area contributed by atoms with Gasteiger partial charge in [0.25, 0.3) is 0 Å². The van der Waals surface area contributed by atoms with Gasteiger partial charge < -0.3 is 10.1 Å². The van der Waals surface area contributed by atoms with Crippen LogP contribution < -0.4 is 10.1 Å². The average molecular weight is 399 g/mol. The van der Waals surface area contributed by atoms with Crippen LogP contribution in [0.5, 0.6) is 11.5 Å². The highest BCUT2D eigenvalue weighted by Gasteiger charge is 2.08. The molecule has 0 spiro atoms. The van der Waals surface area contributed by atoms with Gasteiger partial charge in [0, 0.05) is 6.54 Å². The van der Waals surface area contributed by atoms with Crippen molar-refractivity contribution in [2.75, 3.05) is 6.54 Å². The Morgan fingerprint density at radius 1 is 1.14 bits per heavy atom. The van der Waals surface area contributed by atoms with E-state index in [0.29, 0.717) is 18.2 Å². The first kappa shape index (κ1) is 16.2. The average Bonchev–Trinajstić information content (AvgIpc) is 2.43. The van der Waals surface area contributed by atoms with Crippen molar-refractivity contribution >= 4 is 22.6 Å². The standard InChI is InChI=1S/C17H19FINO/c1-12(2)10-20-11-13-7-8-16(14(18)9-13)21-17-6-4-3-5-15(17)19/h3-9,12,20H,10-11H2,1-2H3. The summed E-state index contributed by atoms with van der Waals surface area (Å²) in [4.78, 5) is 0. The lowest BCUT2D eigenvalue weighted by atomic mass is 10.2. The van der Waals surface area contributed by atoms with Crippen LogP contribution in [0.2, 0.25) is 0 Å². The molecule has 2 nitrogen and oxygen atoms in total. The summed E-state index contributed by atoms with van der Waals surface area (Å²) in [6.07, 6.45) is 0. The van der Waals surface area contributed by atoms with Crippen LogP contribution in [-0.2, 0) is 6.54 Å². The summed E-state index contributed by atoms with van der Waals surface area (Å²) in [6, 6.07) is 12.7. The normalized spacial score (nSPS) is 10.9. The molecule has 2 rings (SSSR count). The predicted octanol–water partition coefficient (Wildman–Crippen LogP) is 4.97. The number of hydrogen-bond acceptors (Lipinski definition) is 2. The molecule has 0 radical (unpaired) electrons. The van der Waals surface area contributed by atoms with Gasteiger partial charge in [-0.2, -0.15) is 0 Å². The molecule has 0 heterocycles.